The lowest BCUT2D eigenvalue weighted by Gasteiger charge is -2.11. The van der Waals surface area contributed by atoms with Gasteiger partial charge in [-0.3, -0.25) is 0 Å². The number of carboxylic acid groups (broad SMARTS) is 1. The standard InChI is InChI=1S/C15H12N2O2S/c1-9-3-2-4-10(7-9)17-13-11-5-6-20-14(11)16-8-12(13)15(18)19/h2-8H,1H3,(H,16,17)(H,18,19). The number of nitrogens with zero attached hydrogens (tertiary/aromatic N) is 1. The van der Waals surface area contributed by atoms with Gasteiger partial charge in [-0.25, -0.2) is 9.78 Å². The van der Waals surface area contributed by atoms with Gasteiger partial charge in [0.2, 0.25) is 0 Å². The Balaban J connectivity index is 2.15. The molecule has 0 radical (unpaired) electrons. The van der Waals surface area contributed by atoms with E-state index in [2.05, 4.69) is 10.3 Å². The van der Waals surface area contributed by atoms with Crippen molar-refractivity contribution in [3.63, 3.8) is 0 Å². The van der Waals surface area contributed by atoms with Crippen LogP contribution in [-0.4, -0.2) is 16.1 Å². The summed E-state index contributed by atoms with van der Waals surface area (Å²) in [4.78, 5) is 16.4. The maximum absolute atomic E-state index is 11.4. The van der Waals surface area contributed by atoms with E-state index < -0.39 is 5.97 Å². The van der Waals surface area contributed by atoms with Gasteiger partial charge in [0, 0.05) is 17.3 Å². The smallest absolute Gasteiger partial charge is 0.339 e. The highest BCUT2D eigenvalue weighted by Crippen LogP contribution is 2.32. The molecule has 0 spiro atoms. The molecule has 0 bridgehead atoms. The molecule has 2 aromatic heterocycles. The van der Waals surface area contributed by atoms with Crippen LogP contribution in [0.4, 0.5) is 11.4 Å². The van der Waals surface area contributed by atoms with Gasteiger partial charge < -0.3 is 10.4 Å². The monoisotopic (exact) mass is 284 g/mol. The molecule has 0 aliphatic carbocycles. The molecule has 4 nitrogen and oxygen atoms in total. The third-order valence-corrected chi connectivity index (χ3v) is 3.83. The second kappa shape index (κ2) is 4.94. The van der Waals surface area contributed by atoms with E-state index in [1.165, 1.54) is 17.5 Å². The minimum Gasteiger partial charge on any atom is -0.478 e. The number of anilines is 2. The van der Waals surface area contributed by atoms with Gasteiger partial charge in [0.15, 0.2) is 0 Å². The lowest BCUT2D eigenvalue weighted by molar-refractivity contribution is 0.0698. The van der Waals surface area contributed by atoms with Gasteiger partial charge in [-0.2, -0.15) is 0 Å². The molecule has 3 aromatic rings. The summed E-state index contributed by atoms with van der Waals surface area (Å²) in [5.41, 5.74) is 2.75. The van der Waals surface area contributed by atoms with E-state index in [9.17, 15) is 9.90 Å². The van der Waals surface area contributed by atoms with E-state index in [1.807, 2.05) is 42.6 Å². The van der Waals surface area contributed by atoms with Gasteiger partial charge in [0.1, 0.15) is 10.4 Å². The van der Waals surface area contributed by atoms with Crippen LogP contribution in [-0.2, 0) is 0 Å². The van der Waals surface area contributed by atoms with Crippen LogP contribution in [0.2, 0.25) is 0 Å². The summed E-state index contributed by atoms with van der Waals surface area (Å²) in [5.74, 6) is -0.985. The summed E-state index contributed by atoms with van der Waals surface area (Å²) in [7, 11) is 0. The second-order valence-corrected chi connectivity index (χ2v) is 5.38. The molecule has 5 heteroatoms. The van der Waals surface area contributed by atoms with Crippen molar-refractivity contribution in [3.8, 4) is 0 Å². The average Bonchev–Trinajstić information content (AvgIpc) is 2.87. The number of nitrogens with one attached hydrogen (secondary N) is 1. The number of fused-ring (bicyclic) bond motifs is 1. The van der Waals surface area contributed by atoms with Crippen LogP contribution in [0.15, 0.2) is 41.9 Å². The number of benzene rings is 1. The largest absolute Gasteiger partial charge is 0.478 e. The van der Waals surface area contributed by atoms with E-state index in [0.717, 1.165) is 21.5 Å². The van der Waals surface area contributed by atoms with Crippen LogP contribution in [0.3, 0.4) is 0 Å². The number of carbonyl (C=O) groups is 1. The van der Waals surface area contributed by atoms with Gasteiger partial charge in [0.25, 0.3) is 0 Å². The van der Waals surface area contributed by atoms with E-state index in [4.69, 9.17) is 0 Å². The molecule has 0 aliphatic heterocycles. The zero-order chi connectivity index (χ0) is 14.1. The second-order valence-electron chi connectivity index (χ2n) is 4.49. The van der Waals surface area contributed by atoms with E-state index in [0.29, 0.717) is 5.69 Å². The van der Waals surface area contributed by atoms with Gasteiger partial charge >= 0.3 is 5.97 Å². The number of hydrogen-bond donors (Lipinski definition) is 2. The van der Waals surface area contributed by atoms with Crippen molar-refractivity contribution in [3.05, 3.63) is 53.0 Å². The Morgan fingerprint density at radius 1 is 1.35 bits per heavy atom. The molecule has 0 fully saturated rings. The maximum atomic E-state index is 11.4. The van der Waals surface area contributed by atoms with Crippen LogP contribution in [0.1, 0.15) is 15.9 Å². The first kappa shape index (κ1) is 12.6. The maximum Gasteiger partial charge on any atom is 0.339 e. The zero-order valence-electron chi connectivity index (χ0n) is 10.8. The lowest BCUT2D eigenvalue weighted by Crippen LogP contribution is -2.04. The molecule has 0 atom stereocenters. The Labute approximate surface area is 119 Å². The predicted molar refractivity (Wildman–Crippen MR) is 81.0 cm³/mol. The van der Waals surface area contributed by atoms with Crippen molar-refractivity contribution in [2.24, 2.45) is 0 Å². The number of hydrogen-bond acceptors (Lipinski definition) is 4. The van der Waals surface area contributed by atoms with E-state index in [-0.39, 0.29) is 5.56 Å². The van der Waals surface area contributed by atoms with Crippen LogP contribution in [0, 0.1) is 6.92 Å². The van der Waals surface area contributed by atoms with Gasteiger partial charge in [-0.05, 0) is 36.1 Å². The van der Waals surface area contributed by atoms with Crippen molar-refractivity contribution in [2.45, 2.75) is 6.92 Å². The normalized spacial score (nSPS) is 10.7. The number of thiophene rings is 1. The summed E-state index contributed by atoms with van der Waals surface area (Å²) >= 11 is 1.49. The minimum atomic E-state index is -0.985. The predicted octanol–water partition coefficient (Wildman–Crippen LogP) is 4.05. The number of aromatic carboxylic acids is 1. The van der Waals surface area contributed by atoms with Gasteiger partial charge in [0.05, 0.1) is 5.69 Å². The molecule has 0 unspecified atom stereocenters. The highest BCUT2D eigenvalue weighted by molar-refractivity contribution is 7.16. The molecule has 20 heavy (non-hydrogen) atoms. The Morgan fingerprint density at radius 2 is 2.20 bits per heavy atom. The van der Waals surface area contributed by atoms with E-state index >= 15 is 0 Å². The lowest BCUT2D eigenvalue weighted by atomic mass is 10.1. The fraction of sp³-hybridized carbons (Fsp3) is 0.0667. The SMILES string of the molecule is Cc1cccc(Nc2c(C(=O)O)cnc3sccc23)c1. The molecule has 100 valence electrons. The molecule has 0 amide bonds. The fourth-order valence-electron chi connectivity index (χ4n) is 2.09. The topological polar surface area (TPSA) is 62.2 Å². The minimum absolute atomic E-state index is 0.178. The van der Waals surface area contributed by atoms with Crippen molar-refractivity contribution in [1.82, 2.24) is 4.98 Å². The quantitative estimate of drug-likeness (QED) is 0.761. The van der Waals surface area contributed by atoms with Crippen LogP contribution >= 0.6 is 11.3 Å². The molecule has 0 saturated heterocycles. The molecule has 0 saturated carbocycles. The summed E-state index contributed by atoms with van der Waals surface area (Å²) in [6, 6.07) is 9.71. The summed E-state index contributed by atoms with van der Waals surface area (Å²) in [6.07, 6.45) is 1.40. The Hall–Kier alpha value is -2.40. The van der Waals surface area contributed by atoms with Crippen molar-refractivity contribution >= 4 is 38.9 Å². The van der Waals surface area contributed by atoms with Crippen molar-refractivity contribution < 1.29 is 9.90 Å². The third-order valence-electron chi connectivity index (χ3n) is 3.01. The van der Waals surface area contributed by atoms with Gasteiger partial charge in [-0.1, -0.05) is 12.1 Å². The Morgan fingerprint density at radius 3 is 2.95 bits per heavy atom. The Kier molecular flexibility index (Phi) is 3.12. The number of rotatable bonds is 3. The fourth-order valence-corrected chi connectivity index (χ4v) is 2.83. The summed E-state index contributed by atoms with van der Waals surface area (Å²) in [5, 5.41) is 15.3. The number of aryl methyl sites for hydroxylation is 1. The first-order valence-corrected chi connectivity index (χ1v) is 6.96. The van der Waals surface area contributed by atoms with Crippen molar-refractivity contribution in [2.75, 3.05) is 5.32 Å². The molecule has 1 aromatic carbocycles. The third kappa shape index (κ3) is 2.23. The number of pyridine rings is 1. The Bertz CT molecular complexity index is 795. The van der Waals surface area contributed by atoms with Crippen LogP contribution < -0.4 is 5.32 Å². The summed E-state index contributed by atoms with van der Waals surface area (Å²) < 4.78 is 0. The zero-order valence-corrected chi connectivity index (χ0v) is 11.6. The highest BCUT2D eigenvalue weighted by atomic mass is 32.1. The van der Waals surface area contributed by atoms with E-state index in [1.54, 1.807) is 0 Å². The molecule has 2 heterocycles. The molecule has 3 rings (SSSR count). The highest BCUT2D eigenvalue weighted by Gasteiger charge is 2.15. The first-order valence-electron chi connectivity index (χ1n) is 6.08. The van der Waals surface area contributed by atoms with Crippen LogP contribution in [0.5, 0.6) is 0 Å². The molecule has 0 aliphatic rings. The number of carboxylic acids is 1. The first-order chi connectivity index (χ1) is 9.65. The molecular formula is C15H12N2O2S. The van der Waals surface area contributed by atoms with Crippen molar-refractivity contribution in [1.29, 1.82) is 0 Å². The summed E-state index contributed by atoms with van der Waals surface area (Å²) in [6.45, 7) is 2.00. The molecular weight excluding hydrogens is 272 g/mol. The number of aromatic nitrogens is 1. The average molecular weight is 284 g/mol. The van der Waals surface area contributed by atoms with Gasteiger partial charge in [-0.15, -0.1) is 11.3 Å². The van der Waals surface area contributed by atoms with Crippen LogP contribution in [0.25, 0.3) is 10.2 Å². The molecule has 2 N–H and O–H groups in total.